The third-order valence-electron chi connectivity index (χ3n) is 3.07. The Kier molecular flexibility index (Phi) is 5.09. The van der Waals surface area contributed by atoms with Crippen LogP contribution in [-0.4, -0.2) is 40.7 Å². The summed E-state index contributed by atoms with van der Waals surface area (Å²) in [6.07, 6.45) is 3.34. The lowest BCUT2D eigenvalue weighted by molar-refractivity contribution is 0.431. The van der Waals surface area contributed by atoms with Crippen molar-refractivity contribution in [3.63, 3.8) is 0 Å². The highest BCUT2D eigenvalue weighted by Crippen LogP contribution is 2.49. The smallest absolute Gasteiger partial charge is 0.250 e. The van der Waals surface area contributed by atoms with Crippen molar-refractivity contribution in [3.8, 4) is 17.2 Å². The third kappa shape index (κ3) is 3.62. The zero-order valence-electron chi connectivity index (χ0n) is 13.5. The quantitative estimate of drug-likeness (QED) is 0.439. The molecule has 3 N–H and O–H groups in total. The van der Waals surface area contributed by atoms with Gasteiger partial charge in [0.05, 0.1) is 6.20 Å². The van der Waals surface area contributed by atoms with Crippen LogP contribution in [0.25, 0.3) is 0 Å². The molecule has 0 atom stereocenters. The predicted octanol–water partition coefficient (Wildman–Crippen LogP) is 3.94. The van der Waals surface area contributed by atoms with Crippen LogP contribution in [0.15, 0.2) is 43.9 Å². The molecule has 0 radical (unpaired) electrons. The molecule has 2 heterocycles. The van der Waals surface area contributed by atoms with Gasteiger partial charge in [-0.25, -0.2) is 4.68 Å². The fourth-order valence-electron chi connectivity index (χ4n) is 1.80. The largest absolute Gasteiger partial charge is 0.505 e. The van der Waals surface area contributed by atoms with Crippen molar-refractivity contribution in [1.29, 1.82) is 0 Å². The minimum absolute atomic E-state index is 0.249. The Labute approximate surface area is 155 Å². The first kappa shape index (κ1) is 17.8. The Bertz CT molecular complexity index is 997. The zero-order chi connectivity index (χ0) is 18.7. The van der Waals surface area contributed by atoms with Crippen LogP contribution in [0, 0.1) is 0 Å². The molecule has 0 saturated heterocycles. The van der Waals surface area contributed by atoms with E-state index in [2.05, 4.69) is 34.9 Å². The molecular weight excluding hydrogens is 380 g/mol. The summed E-state index contributed by atoms with van der Waals surface area (Å²) in [7, 11) is 1.66. The van der Waals surface area contributed by atoms with Crippen LogP contribution >= 0.6 is 23.3 Å². The second-order valence-electron chi connectivity index (χ2n) is 4.74. The normalized spacial score (nSPS) is 11.8. The number of hydrogen-bond acceptors (Lipinski definition) is 12. The number of azo groups is 2. The Morgan fingerprint density at radius 3 is 2.35 bits per heavy atom. The van der Waals surface area contributed by atoms with Gasteiger partial charge in [-0.2, -0.15) is 14.5 Å². The highest BCUT2D eigenvalue weighted by Gasteiger charge is 2.18. The number of phenols is 3. The lowest BCUT2D eigenvalue weighted by Crippen LogP contribution is -1.86. The lowest BCUT2D eigenvalue weighted by atomic mass is 10.2. The van der Waals surface area contributed by atoms with E-state index in [9.17, 15) is 15.3 Å². The van der Waals surface area contributed by atoms with Gasteiger partial charge in [0.1, 0.15) is 0 Å². The first-order valence-corrected chi connectivity index (χ1v) is 8.96. The van der Waals surface area contributed by atoms with E-state index < -0.39 is 17.2 Å². The Morgan fingerprint density at radius 1 is 1.08 bits per heavy atom. The molecule has 13 heteroatoms. The van der Waals surface area contributed by atoms with Crippen molar-refractivity contribution in [2.75, 3.05) is 6.26 Å². The summed E-state index contributed by atoms with van der Waals surface area (Å²) in [5, 5.41) is 50.2. The number of nitrogens with zero attached hydrogens (tertiary/aromatic N) is 8. The number of aromatic hydroxyl groups is 3. The zero-order valence-corrected chi connectivity index (χ0v) is 15.1. The molecule has 26 heavy (non-hydrogen) atoms. The van der Waals surface area contributed by atoms with Gasteiger partial charge in [0.15, 0.2) is 34.4 Å². The second kappa shape index (κ2) is 7.45. The number of phenolic OH excluding ortho intramolecular Hbond substituents is 3. The maximum Gasteiger partial charge on any atom is 0.250 e. The number of hydrogen-bond donors (Lipinski definition) is 3. The van der Waals surface area contributed by atoms with E-state index in [1.807, 2.05) is 6.26 Å². The molecular formula is C13H12N8O3S2. The SMILES string of the molecule is CSc1nsc(/N=N/c2c(O)cc(O)c(/N=N/c3ccnn3C)c2O)n1. The molecule has 0 unspecified atom stereocenters. The maximum atomic E-state index is 10.3. The summed E-state index contributed by atoms with van der Waals surface area (Å²) in [4.78, 5) is 4.07. The molecule has 134 valence electrons. The summed E-state index contributed by atoms with van der Waals surface area (Å²) >= 11 is 2.36. The number of rotatable bonds is 5. The van der Waals surface area contributed by atoms with Gasteiger partial charge in [0.2, 0.25) is 10.3 Å². The Hall–Kier alpha value is -3.06. The molecule has 0 fully saturated rings. The highest BCUT2D eigenvalue weighted by atomic mass is 32.2. The minimum atomic E-state index is -0.577. The number of aryl methyl sites for hydroxylation is 1. The first-order valence-electron chi connectivity index (χ1n) is 6.96. The summed E-state index contributed by atoms with van der Waals surface area (Å²) in [5.74, 6) is -1.12. The summed E-state index contributed by atoms with van der Waals surface area (Å²) in [6.45, 7) is 0. The topological polar surface area (TPSA) is 154 Å². The molecule has 3 aromatic rings. The fraction of sp³-hybridized carbons (Fsp3) is 0.154. The van der Waals surface area contributed by atoms with Gasteiger partial charge in [-0.05, 0) is 6.26 Å². The summed E-state index contributed by atoms with van der Waals surface area (Å²) < 4.78 is 5.48. The van der Waals surface area contributed by atoms with Gasteiger partial charge in [0.25, 0.3) is 0 Å². The van der Waals surface area contributed by atoms with E-state index in [4.69, 9.17) is 0 Å². The first-order chi connectivity index (χ1) is 12.5. The van der Waals surface area contributed by atoms with Crippen molar-refractivity contribution < 1.29 is 15.3 Å². The van der Waals surface area contributed by atoms with Crippen molar-refractivity contribution in [2.24, 2.45) is 27.5 Å². The van der Waals surface area contributed by atoms with E-state index in [1.54, 1.807) is 13.1 Å². The van der Waals surface area contributed by atoms with Gasteiger partial charge in [-0.1, -0.05) is 11.8 Å². The Morgan fingerprint density at radius 2 is 1.77 bits per heavy atom. The van der Waals surface area contributed by atoms with E-state index >= 15 is 0 Å². The van der Waals surface area contributed by atoms with Crippen molar-refractivity contribution in [1.82, 2.24) is 19.1 Å². The number of benzene rings is 1. The highest BCUT2D eigenvalue weighted by molar-refractivity contribution is 7.98. The number of thioether (sulfide) groups is 1. The summed E-state index contributed by atoms with van der Waals surface area (Å²) in [5.41, 5.74) is -0.539. The second-order valence-corrected chi connectivity index (χ2v) is 6.24. The van der Waals surface area contributed by atoms with Crippen LogP contribution < -0.4 is 0 Å². The van der Waals surface area contributed by atoms with Crippen molar-refractivity contribution >= 4 is 45.6 Å². The van der Waals surface area contributed by atoms with Crippen LogP contribution in [0.3, 0.4) is 0 Å². The van der Waals surface area contributed by atoms with Gasteiger partial charge >= 0.3 is 0 Å². The molecule has 0 amide bonds. The maximum absolute atomic E-state index is 10.3. The molecule has 0 aliphatic heterocycles. The average Bonchev–Trinajstić information content (AvgIpc) is 3.23. The van der Waals surface area contributed by atoms with Crippen molar-refractivity contribution in [3.05, 3.63) is 18.3 Å². The van der Waals surface area contributed by atoms with Crippen LogP contribution in [0.2, 0.25) is 0 Å². The van der Waals surface area contributed by atoms with E-state index in [1.165, 1.54) is 22.6 Å². The molecule has 0 saturated carbocycles. The van der Waals surface area contributed by atoms with Gasteiger partial charge in [-0.3, -0.25) is 0 Å². The van der Waals surface area contributed by atoms with E-state index in [0.717, 1.165) is 17.6 Å². The molecule has 0 spiro atoms. The van der Waals surface area contributed by atoms with Gasteiger partial charge in [0, 0.05) is 30.7 Å². The minimum Gasteiger partial charge on any atom is -0.505 e. The average molecular weight is 392 g/mol. The van der Waals surface area contributed by atoms with E-state index in [0.29, 0.717) is 11.0 Å². The molecule has 0 aliphatic carbocycles. The summed E-state index contributed by atoms with van der Waals surface area (Å²) in [6, 6.07) is 2.58. The standard InChI is InChI=1S/C13H12N8O3S2/c1-21-8(3-4-14-21)16-17-9-6(22)5-7(23)10(11(9)24)18-19-12-15-13(25-2)20-26-12/h3-5,22-24H,1-2H3/b17-16+,19-18+. The predicted molar refractivity (Wildman–Crippen MR) is 94.7 cm³/mol. The molecule has 11 nitrogen and oxygen atoms in total. The monoisotopic (exact) mass is 392 g/mol. The van der Waals surface area contributed by atoms with Crippen LogP contribution in [0.4, 0.5) is 22.3 Å². The van der Waals surface area contributed by atoms with Gasteiger partial charge < -0.3 is 15.3 Å². The van der Waals surface area contributed by atoms with Crippen LogP contribution in [0.5, 0.6) is 17.2 Å². The molecule has 0 aliphatic rings. The van der Waals surface area contributed by atoms with Gasteiger partial charge in [-0.15, -0.1) is 20.5 Å². The van der Waals surface area contributed by atoms with Crippen molar-refractivity contribution in [2.45, 2.75) is 5.16 Å². The van der Waals surface area contributed by atoms with Crippen LogP contribution in [0.1, 0.15) is 0 Å². The fourth-order valence-corrected chi connectivity index (χ4v) is 2.85. The lowest BCUT2D eigenvalue weighted by Gasteiger charge is -2.06. The van der Waals surface area contributed by atoms with E-state index in [-0.39, 0.29) is 16.5 Å². The molecule has 3 rings (SSSR count). The Balaban J connectivity index is 1.96. The third-order valence-corrected chi connectivity index (χ3v) is 4.33. The molecule has 0 bridgehead atoms. The molecule has 2 aromatic heterocycles. The molecule has 1 aromatic carbocycles. The van der Waals surface area contributed by atoms with Crippen LogP contribution in [-0.2, 0) is 7.05 Å². The number of aromatic nitrogens is 4.